The van der Waals surface area contributed by atoms with Gasteiger partial charge in [-0.2, -0.15) is 0 Å². The van der Waals surface area contributed by atoms with Crippen LogP contribution in [-0.2, 0) is 6.42 Å². The highest BCUT2D eigenvalue weighted by Crippen LogP contribution is 2.24. The van der Waals surface area contributed by atoms with Crippen molar-refractivity contribution in [1.29, 1.82) is 0 Å². The highest BCUT2D eigenvalue weighted by Gasteiger charge is 2.09. The smallest absolute Gasteiger partial charge is 0.343 e. The SMILES string of the molecule is CC[C@@H](C)Cc1ccc(-c2ccc(OC(=O)c3ccc(O)cc3)cc2)cc1. The van der Waals surface area contributed by atoms with Crippen LogP contribution >= 0.6 is 0 Å². The predicted molar refractivity (Wildman–Crippen MR) is 108 cm³/mol. The van der Waals surface area contributed by atoms with Crippen LogP contribution in [0.4, 0.5) is 0 Å². The zero-order valence-electron chi connectivity index (χ0n) is 15.7. The van der Waals surface area contributed by atoms with Crippen molar-refractivity contribution in [3.63, 3.8) is 0 Å². The zero-order valence-corrected chi connectivity index (χ0v) is 15.7. The van der Waals surface area contributed by atoms with Crippen molar-refractivity contribution in [2.45, 2.75) is 26.7 Å². The standard InChI is InChI=1S/C24H24O3/c1-3-17(2)16-18-4-6-19(7-5-18)20-10-14-23(15-11-20)27-24(26)21-8-12-22(25)13-9-21/h4-15,17,25H,3,16H2,1-2H3/t17-/m1/s1. The van der Waals surface area contributed by atoms with Crippen LogP contribution in [0.25, 0.3) is 11.1 Å². The minimum Gasteiger partial charge on any atom is -0.508 e. The van der Waals surface area contributed by atoms with Crippen LogP contribution in [0, 0.1) is 5.92 Å². The largest absolute Gasteiger partial charge is 0.508 e. The summed E-state index contributed by atoms with van der Waals surface area (Å²) in [5, 5.41) is 9.29. The molecular weight excluding hydrogens is 336 g/mol. The number of rotatable bonds is 6. The molecule has 3 nitrogen and oxygen atoms in total. The van der Waals surface area contributed by atoms with Gasteiger partial charge in [0.05, 0.1) is 5.56 Å². The lowest BCUT2D eigenvalue weighted by Crippen LogP contribution is -2.07. The van der Waals surface area contributed by atoms with Gasteiger partial charge in [0.1, 0.15) is 11.5 Å². The number of benzene rings is 3. The second-order valence-corrected chi connectivity index (χ2v) is 6.88. The molecule has 0 aliphatic heterocycles. The molecule has 0 saturated carbocycles. The van der Waals surface area contributed by atoms with Crippen molar-refractivity contribution in [3.05, 3.63) is 83.9 Å². The number of hydrogen-bond donors (Lipinski definition) is 1. The molecule has 0 aromatic heterocycles. The first kappa shape index (κ1) is 18.7. The van der Waals surface area contributed by atoms with Gasteiger partial charge in [0, 0.05) is 0 Å². The normalized spacial score (nSPS) is 11.8. The Hall–Kier alpha value is -3.07. The van der Waals surface area contributed by atoms with Crippen molar-refractivity contribution in [3.8, 4) is 22.6 Å². The molecule has 0 heterocycles. The Balaban J connectivity index is 1.66. The van der Waals surface area contributed by atoms with Crippen LogP contribution < -0.4 is 4.74 Å². The van der Waals surface area contributed by atoms with Gasteiger partial charge in [-0.1, -0.05) is 56.7 Å². The lowest BCUT2D eigenvalue weighted by molar-refractivity contribution is 0.0735. The van der Waals surface area contributed by atoms with Gasteiger partial charge >= 0.3 is 5.97 Å². The van der Waals surface area contributed by atoms with Crippen LogP contribution in [0.1, 0.15) is 36.2 Å². The monoisotopic (exact) mass is 360 g/mol. The van der Waals surface area contributed by atoms with E-state index in [2.05, 4.69) is 38.1 Å². The number of carbonyl (C=O) groups excluding carboxylic acids is 1. The summed E-state index contributed by atoms with van der Waals surface area (Å²) in [6.45, 7) is 4.49. The first-order chi connectivity index (χ1) is 13.0. The molecule has 3 aromatic rings. The molecule has 0 radical (unpaired) electrons. The Morgan fingerprint density at radius 1 is 0.889 bits per heavy atom. The second-order valence-electron chi connectivity index (χ2n) is 6.88. The average Bonchev–Trinajstić information content (AvgIpc) is 2.69. The summed E-state index contributed by atoms with van der Waals surface area (Å²) in [5.41, 5.74) is 3.97. The van der Waals surface area contributed by atoms with Gasteiger partial charge in [0.25, 0.3) is 0 Å². The summed E-state index contributed by atoms with van der Waals surface area (Å²) in [7, 11) is 0. The predicted octanol–water partition coefficient (Wildman–Crippen LogP) is 5.87. The van der Waals surface area contributed by atoms with Gasteiger partial charge in [-0.25, -0.2) is 4.79 Å². The van der Waals surface area contributed by atoms with Gasteiger partial charge in [-0.05, 0) is 65.4 Å². The Labute approximate surface area is 160 Å². The third kappa shape index (κ3) is 4.98. The van der Waals surface area contributed by atoms with E-state index in [0.29, 0.717) is 17.2 Å². The summed E-state index contributed by atoms with van der Waals surface area (Å²) < 4.78 is 5.39. The number of carbonyl (C=O) groups is 1. The van der Waals surface area contributed by atoms with Crippen molar-refractivity contribution in [2.75, 3.05) is 0 Å². The molecule has 0 spiro atoms. The van der Waals surface area contributed by atoms with E-state index in [4.69, 9.17) is 4.74 Å². The van der Waals surface area contributed by atoms with E-state index in [9.17, 15) is 9.90 Å². The lowest BCUT2D eigenvalue weighted by atomic mass is 9.97. The number of phenols is 1. The fraction of sp³-hybridized carbons (Fsp3) is 0.208. The van der Waals surface area contributed by atoms with Crippen LogP contribution in [0.2, 0.25) is 0 Å². The molecule has 0 aliphatic rings. The maximum atomic E-state index is 12.1. The molecule has 0 bridgehead atoms. The fourth-order valence-electron chi connectivity index (χ4n) is 2.86. The molecule has 0 unspecified atom stereocenters. The van der Waals surface area contributed by atoms with E-state index < -0.39 is 5.97 Å². The van der Waals surface area contributed by atoms with Crippen LogP contribution in [0.3, 0.4) is 0 Å². The molecule has 3 aromatic carbocycles. The topological polar surface area (TPSA) is 46.5 Å². The molecule has 0 fully saturated rings. The average molecular weight is 360 g/mol. The molecule has 0 amide bonds. The number of ether oxygens (including phenoxy) is 1. The molecule has 1 atom stereocenters. The zero-order chi connectivity index (χ0) is 19.2. The van der Waals surface area contributed by atoms with Crippen molar-refractivity contribution in [1.82, 2.24) is 0 Å². The first-order valence-electron chi connectivity index (χ1n) is 9.25. The highest BCUT2D eigenvalue weighted by molar-refractivity contribution is 5.91. The van der Waals surface area contributed by atoms with E-state index in [-0.39, 0.29) is 5.75 Å². The van der Waals surface area contributed by atoms with Gasteiger partial charge < -0.3 is 9.84 Å². The number of aromatic hydroxyl groups is 1. The van der Waals surface area contributed by atoms with Crippen molar-refractivity contribution < 1.29 is 14.6 Å². The van der Waals surface area contributed by atoms with Gasteiger partial charge in [0.15, 0.2) is 0 Å². The maximum absolute atomic E-state index is 12.1. The molecular formula is C24H24O3. The quantitative estimate of drug-likeness (QED) is 0.442. The summed E-state index contributed by atoms with van der Waals surface area (Å²) in [5.74, 6) is 0.854. The van der Waals surface area contributed by atoms with E-state index in [1.165, 1.54) is 36.2 Å². The van der Waals surface area contributed by atoms with E-state index in [0.717, 1.165) is 17.5 Å². The number of esters is 1. The first-order valence-corrected chi connectivity index (χ1v) is 9.25. The number of hydrogen-bond acceptors (Lipinski definition) is 3. The molecule has 27 heavy (non-hydrogen) atoms. The highest BCUT2D eigenvalue weighted by atomic mass is 16.5. The summed E-state index contributed by atoms with van der Waals surface area (Å²) in [6, 6.07) is 22.1. The van der Waals surface area contributed by atoms with E-state index in [1.807, 2.05) is 12.1 Å². The third-order valence-electron chi connectivity index (χ3n) is 4.74. The van der Waals surface area contributed by atoms with Gasteiger partial charge in [-0.15, -0.1) is 0 Å². The van der Waals surface area contributed by atoms with Gasteiger partial charge in [-0.3, -0.25) is 0 Å². The second kappa shape index (κ2) is 8.54. The van der Waals surface area contributed by atoms with Crippen LogP contribution in [0.15, 0.2) is 72.8 Å². The molecule has 3 rings (SSSR count). The van der Waals surface area contributed by atoms with Crippen molar-refractivity contribution >= 4 is 5.97 Å². The number of phenolic OH excluding ortho intramolecular Hbond substituents is 1. The summed E-state index contributed by atoms with van der Waals surface area (Å²) in [6.07, 6.45) is 2.29. The molecule has 0 aliphatic carbocycles. The van der Waals surface area contributed by atoms with Crippen LogP contribution in [-0.4, -0.2) is 11.1 Å². The Kier molecular flexibility index (Phi) is 5.92. The van der Waals surface area contributed by atoms with E-state index >= 15 is 0 Å². The van der Waals surface area contributed by atoms with Gasteiger partial charge in [0.2, 0.25) is 0 Å². The molecule has 3 heteroatoms. The summed E-state index contributed by atoms with van der Waals surface area (Å²) in [4.78, 5) is 12.1. The molecule has 0 saturated heterocycles. The lowest BCUT2D eigenvalue weighted by Gasteiger charge is -2.10. The summed E-state index contributed by atoms with van der Waals surface area (Å²) >= 11 is 0. The Morgan fingerprint density at radius 3 is 2.00 bits per heavy atom. The minimum absolute atomic E-state index is 0.117. The van der Waals surface area contributed by atoms with E-state index in [1.54, 1.807) is 12.1 Å². The van der Waals surface area contributed by atoms with Crippen LogP contribution in [0.5, 0.6) is 11.5 Å². The minimum atomic E-state index is -0.447. The van der Waals surface area contributed by atoms with Crippen molar-refractivity contribution in [2.24, 2.45) is 5.92 Å². The molecule has 138 valence electrons. The third-order valence-corrected chi connectivity index (χ3v) is 4.74. The Morgan fingerprint density at radius 2 is 1.44 bits per heavy atom. The molecule has 1 N–H and O–H groups in total. The Bertz CT molecular complexity index is 878. The fourth-order valence-corrected chi connectivity index (χ4v) is 2.86. The maximum Gasteiger partial charge on any atom is 0.343 e.